The van der Waals surface area contributed by atoms with Crippen molar-refractivity contribution in [1.29, 1.82) is 0 Å². The van der Waals surface area contributed by atoms with Gasteiger partial charge in [0.2, 0.25) is 5.88 Å². The van der Waals surface area contributed by atoms with Crippen LogP contribution in [0.25, 0.3) is 0 Å². The number of primary amides is 1. The fourth-order valence-corrected chi connectivity index (χ4v) is 1.96. The van der Waals surface area contributed by atoms with Crippen LogP contribution in [-0.2, 0) is 11.3 Å². The average molecular weight is 335 g/mol. The van der Waals surface area contributed by atoms with Crippen LogP contribution in [0.5, 0.6) is 5.88 Å². The third kappa shape index (κ3) is 7.27. The van der Waals surface area contributed by atoms with E-state index in [1.807, 2.05) is 0 Å². The number of aliphatic hydroxyl groups excluding tert-OH is 1. The van der Waals surface area contributed by atoms with Crippen molar-refractivity contribution in [2.24, 2.45) is 5.73 Å². The minimum atomic E-state index is -2.51. The number of carbonyl (C=O) groups excluding carboxylic acids is 1. The Morgan fingerprint density at radius 3 is 2.65 bits per heavy atom. The lowest BCUT2D eigenvalue weighted by atomic mass is 10.1. The van der Waals surface area contributed by atoms with Gasteiger partial charge in [-0.25, -0.2) is 13.6 Å². The Kier molecular flexibility index (Phi) is 6.74. The largest absolute Gasteiger partial charge is 0.471 e. The highest BCUT2D eigenvalue weighted by atomic mass is 19.3. The monoisotopic (exact) mass is 335 g/mol. The quantitative estimate of drug-likeness (QED) is 0.882. The van der Waals surface area contributed by atoms with Crippen molar-refractivity contribution in [3.63, 3.8) is 0 Å². The van der Waals surface area contributed by atoms with Crippen LogP contribution in [-0.4, -0.2) is 39.6 Å². The van der Waals surface area contributed by atoms with Crippen molar-refractivity contribution in [3.05, 3.63) is 11.8 Å². The van der Waals surface area contributed by atoms with Crippen LogP contribution < -0.4 is 10.5 Å². The lowest BCUT2D eigenvalue weighted by molar-refractivity contribution is 0.0600. The minimum absolute atomic E-state index is 0.159. The number of nitrogens with two attached hydrogens (primary N) is 1. The van der Waals surface area contributed by atoms with E-state index in [4.69, 9.17) is 10.5 Å². The van der Waals surface area contributed by atoms with Crippen molar-refractivity contribution in [3.8, 4) is 5.88 Å². The van der Waals surface area contributed by atoms with E-state index >= 15 is 0 Å². The number of aromatic nitrogens is 2. The first kappa shape index (κ1) is 19.1. The molecule has 0 aromatic carbocycles. The van der Waals surface area contributed by atoms with Crippen molar-refractivity contribution in [2.75, 3.05) is 6.61 Å². The van der Waals surface area contributed by atoms with Gasteiger partial charge in [0.1, 0.15) is 5.60 Å². The number of alkyl halides is 2. The standard InChI is InChI=1S/C9H12F2N2O2.C5H11NO2/c10-8(11)5-15-9-4-6-7(14)2-1-3-13(6)12-9;1-5(2,3)8-4(6)7/h4,7-8,14H,1-3,5H2;1-3H3,(H2,6,7). The summed E-state index contributed by atoms with van der Waals surface area (Å²) in [6.07, 6.45) is -2.27. The van der Waals surface area contributed by atoms with E-state index in [9.17, 15) is 18.7 Å². The van der Waals surface area contributed by atoms with Gasteiger partial charge in [-0.15, -0.1) is 5.10 Å². The van der Waals surface area contributed by atoms with E-state index in [2.05, 4.69) is 9.84 Å². The molecule has 0 spiro atoms. The first-order valence-electron chi connectivity index (χ1n) is 7.23. The number of nitrogens with zero attached hydrogens (tertiary/aromatic N) is 2. The molecule has 9 heteroatoms. The summed E-state index contributed by atoms with van der Waals surface area (Å²) in [5, 5.41) is 13.6. The zero-order valence-corrected chi connectivity index (χ0v) is 13.5. The fourth-order valence-electron chi connectivity index (χ4n) is 1.96. The molecule has 1 aromatic heterocycles. The molecule has 1 aliphatic rings. The summed E-state index contributed by atoms with van der Waals surface area (Å²) in [5.41, 5.74) is 4.91. The number of carbonyl (C=O) groups is 1. The van der Waals surface area contributed by atoms with Crippen LogP contribution in [0.2, 0.25) is 0 Å². The van der Waals surface area contributed by atoms with Gasteiger partial charge in [-0.2, -0.15) is 0 Å². The molecule has 1 aliphatic heterocycles. The number of hydrogen-bond donors (Lipinski definition) is 2. The molecule has 3 N–H and O–H groups in total. The molecule has 0 radical (unpaired) electrons. The molecule has 1 amide bonds. The van der Waals surface area contributed by atoms with Crippen LogP contribution in [0.15, 0.2) is 6.07 Å². The number of aryl methyl sites for hydroxylation is 1. The van der Waals surface area contributed by atoms with Crippen molar-refractivity contribution < 1.29 is 28.2 Å². The highest BCUT2D eigenvalue weighted by molar-refractivity contribution is 5.65. The molecule has 0 bridgehead atoms. The second-order valence-electron chi connectivity index (χ2n) is 6.02. The Morgan fingerprint density at radius 1 is 1.57 bits per heavy atom. The summed E-state index contributed by atoms with van der Waals surface area (Å²) in [5.74, 6) is 0.159. The Balaban J connectivity index is 0.000000284. The summed E-state index contributed by atoms with van der Waals surface area (Å²) < 4.78 is 34.7. The molecular formula is C14H23F2N3O4. The molecular weight excluding hydrogens is 312 g/mol. The number of halogens is 2. The van der Waals surface area contributed by atoms with Gasteiger partial charge in [-0.1, -0.05) is 0 Å². The third-order valence-corrected chi connectivity index (χ3v) is 2.74. The first-order chi connectivity index (χ1) is 10.6. The lowest BCUT2D eigenvalue weighted by Gasteiger charge is -2.17. The summed E-state index contributed by atoms with van der Waals surface area (Å²) in [6, 6.07) is 1.52. The highest BCUT2D eigenvalue weighted by Crippen LogP contribution is 2.27. The number of fused-ring (bicyclic) bond motifs is 1. The molecule has 23 heavy (non-hydrogen) atoms. The Bertz CT molecular complexity index is 515. The smallest absolute Gasteiger partial charge is 0.405 e. The van der Waals surface area contributed by atoms with E-state index in [1.165, 1.54) is 6.07 Å². The predicted molar refractivity (Wildman–Crippen MR) is 78.3 cm³/mol. The van der Waals surface area contributed by atoms with Gasteiger partial charge in [0.05, 0.1) is 11.8 Å². The zero-order valence-electron chi connectivity index (χ0n) is 13.5. The van der Waals surface area contributed by atoms with Crippen molar-refractivity contribution in [2.45, 2.75) is 58.3 Å². The van der Waals surface area contributed by atoms with Gasteiger partial charge in [-0.3, -0.25) is 4.68 Å². The molecule has 0 saturated heterocycles. The summed E-state index contributed by atoms with van der Waals surface area (Å²) in [4.78, 5) is 10.0. The van der Waals surface area contributed by atoms with Crippen LogP contribution in [0.1, 0.15) is 45.4 Å². The van der Waals surface area contributed by atoms with Gasteiger partial charge < -0.3 is 20.3 Å². The van der Waals surface area contributed by atoms with E-state index < -0.39 is 30.8 Å². The zero-order chi connectivity index (χ0) is 17.6. The van der Waals surface area contributed by atoms with E-state index in [1.54, 1.807) is 25.5 Å². The molecule has 0 fully saturated rings. The molecule has 2 heterocycles. The van der Waals surface area contributed by atoms with E-state index in [0.29, 0.717) is 18.7 Å². The Hall–Kier alpha value is -1.90. The molecule has 1 unspecified atom stereocenters. The van der Waals surface area contributed by atoms with Crippen LogP contribution in [0.3, 0.4) is 0 Å². The van der Waals surface area contributed by atoms with Crippen LogP contribution >= 0.6 is 0 Å². The van der Waals surface area contributed by atoms with Crippen LogP contribution in [0, 0.1) is 0 Å². The minimum Gasteiger partial charge on any atom is -0.471 e. The number of rotatable bonds is 3. The molecule has 1 aromatic rings. The van der Waals surface area contributed by atoms with Gasteiger partial charge in [0.25, 0.3) is 6.43 Å². The van der Waals surface area contributed by atoms with E-state index in [-0.39, 0.29) is 5.88 Å². The predicted octanol–water partition coefficient (Wildman–Crippen LogP) is 2.23. The number of aliphatic hydroxyl groups is 1. The van der Waals surface area contributed by atoms with Gasteiger partial charge >= 0.3 is 6.09 Å². The topological polar surface area (TPSA) is 99.6 Å². The van der Waals surface area contributed by atoms with E-state index in [0.717, 1.165) is 6.42 Å². The second kappa shape index (κ2) is 8.09. The molecule has 0 saturated carbocycles. The maximum atomic E-state index is 11.9. The molecule has 2 rings (SSSR count). The third-order valence-electron chi connectivity index (χ3n) is 2.74. The summed E-state index contributed by atoms with van der Waals surface area (Å²) >= 11 is 0. The molecule has 1 atom stereocenters. The molecule has 7 nitrogen and oxygen atoms in total. The summed E-state index contributed by atoms with van der Waals surface area (Å²) in [7, 11) is 0. The van der Waals surface area contributed by atoms with Gasteiger partial charge in [-0.05, 0) is 33.6 Å². The fraction of sp³-hybridized carbons (Fsp3) is 0.714. The summed E-state index contributed by atoms with van der Waals surface area (Å²) in [6.45, 7) is 5.32. The Labute approximate surface area is 133 Å². The van der Waals surface area contributed by atoms with Crippen LogP contribution in [0.4, 0.5) is 13.6 Å². The highest BCUT2D eigenvalue weighted by Gasteiger charge is 2.21. The van der Waals surface area contributed by atoms with Gasteiger partial charge in [0.15, 0.2) is 6.61 Å². The first-order valence-corrected chi connectivity index (χ1v) is 7.23. The SMILES string of the molecule is CC(C)(C)OC(N)=O.OC1CCCn2nc(OCC(F)F)cc21. The normalized spacial score (nSPS) is 17.1. The molecule has 0 aliphatic carbocycles. The lowest BCUT2D eigenvalue weighted by Crippen LogP contribution is -2.27. The Morgan fingerprint density at radius 2 is 2.22 bits per heavy atom. The number of amides is 1. The molecule has 132 valence electrons. The average Bonchev–Trinajstić information content (AvgIpc) is 2.78. The maximum Gasteiger partial charge on any atom is 0.405 e. The van der Waals surface area contributed by atoms with Gasteiger partial charge in [0, 0.05) is 12.6 Å². The second-order valence-corrected chi connectivity index (χ2v) is 6.02. The number of hydrogen-bond acceptors (Lipinski definition) is 5. The van der Waals surface area contributed by atoms with Crippen molar-refractivity contribution >= 4 is 6.09 Å². The van der Waals surface area contributed by atoms with Crippen molar-refractivity contribution in [1.82, 2.24) is 9.78 Å². The maximum absolute atomic E-state index is 11.9. The number of ether oxygens (including phenoxy) is 2.